The minimum Gasteiger partial charge on any atom is -0.310 e. The second kappa shape index (κ2) is 7.22. The number of anilines is 1. The van der Waals surface area contributed by atoms with Crippen molar-refractivity contribution in [3.63, 3.8) is 0 Å². The van der Waals surface area contributed by atoms with Crippen LogP contribution >= 0.6 is 0 Å². The van der Waals surface area contributed by atoms with Crippen LogP contribution in [0.15, 0.2) is 24.3 Å². The molecule has 24 heavy (non-hydrogen) atoms. The van der Waals surface area contributed by atoms with Gasteiger partial charge in [-0.25, -0.2) is 0 Å². The molecule has 1 aromatic carbocycles. The number of nitro benzene ring substituents is 1. The Hall–Kier alpha value is -2.74. The van der Waals surface area contributed by atoms with Gasteiger partial charge in [-0.15, -0.1) is 0 Å². The molecule has 0 bridgehead atoms. The zero-order valence-electron chi connectivity index (χ0n) is 14.2. The molecule has 8 nitrogen and oxygen atoms in total. The summed E-state index contributed by atoms with van der Waals surface area (Å²) in [6, 6.07) is 6.66. The van der Waals surface area contributed by atoms with Crippen LogP contribution in [0.3, 0.4) is 0 Å². The molecule has 8 heteroatoms. The van der Waals surface area contributed by atoms with E-state index in [1.165, 1.54) is 6.07 Å². The fourth-order valence-electron chi connectivity index (χ4n) is 2.37. The number of carbonyl (C=O) groups is 1. The molecule has 0 aliphatic carbocycles. The number of rotatable bonds is 6. The first kappa shape index (κ1) is 17.6. The molecule has 1 aromatic heterocycles. The number of carbonyl (C=O) groups excluding carboxylic acids is 1. The highest BCUT2D eigenvalue weighted by molar-refractivity contribution is 5.91. The molecule has 0 unspecified atom stereocenters. The summed E-state index contributed by atoms with van der Waals surface area (Å²) in [7, 11) is 1.75. The number of hydrogen-bond acceptors (Lipinski definition) is 5. The molecule has 0 spiro atoms. The Morgan fingerprint density at radius 2 is 2.08 bits per heavy atom. The van der Waals surface area contributed by atoms with Crippen molar-refractivity contribution < 1.29 is 9.72 Å². The summed E-state index contributed by atoms with van der Waals surface area (Å²) in [6.07, 6.45) is 0. The normalized spacial score (nSPS) is 12.0. The van der Waals surface area contributed by atoms with E-state index in [1.807, 2.05) is 19.9 Å². The van der Waals surface area contributed by atoms with Crippen LogP contribution in [0, 0.1) is 24.0 Å². The third kappa shape index (κ3) is 4.17. The molecule has 0 radical (unpaired) electrons. The Labute approximate surface area is 140 Å². The molecule has 128 valence electrons. The number of benzene rings is 1. The van der Waals surface area contributed by atoms with Gasteiger partial charge in [0.2, 0.25) is 5.91 Å². The van der Waals surface area contributed by atoms with Gasteiger partial charge in [0.1, 0.15) is 5.82 Å². The quantitative estimate of drug-likeness (QED) is 0.624. The number of nitro groups is 1. The van der Waals surface area contributed by atoms with Gasteiger partial charge in [-0.2, -0.15) is 5.10 Å². The van der Waals surface area contributed by atoms with Gasteiger partial charge in [0.05, 0.1) is 17.2 Å². The average molecular weight is 331 g/mol. The predicted molar refractivity (Wildman–Crippen MR) is 90.8 cm³/mol. The van der Waals surface area contributed by atoms with Gasteiger partial charge in [-0.3, -0.25) is 19.6 Å². The molecular weight excluding hydrogens is 310 g/mol. The van der Waals surface area contributed by atoms with Crippen LogP contribution in [0.4, 0.5) is 11.5 Å². The topological polar surface area (TPSA) is 102 Å². The van der Waals surface area contributed by atoms with Crippen molar-refractivity contribution in [2.24, 2.45) is 7.05 Å². The van der Waals surface area contributed by atoms with Crippen molar-refractivity contribution in [3.8, 4) is 0 Å². The monoisotopic (exact) mass is 331 g/mol. The smallest absolute Gasteiger partial charge is 0.272 e. The lowest BCUT2D eigenvalue weighted by atomic mass is 10.0. The Balaban J connectivity index is 1.96. The van der Waals surface area contributed by atoms with Gasteiger partial charge >= 0.3 is 0 Å². The third-order valence-electron chi connectivity index (χ3n) is 3.77. The maximum atomic E-state index is 12.0. The van der Waals surface area contributed by atoms with E-state index in [0.29, 0.717) is 11.4 Å². The highest BCUT2D eigenvalue weighted by Crippen LogP contribution is 2.23. The van der Waals surface area contributed by atoms with E-state index in [-0.39, 0.29) is 24.2 Å². The van der Waals surface area contributed by atoms with Crippen LogP contribution in [-0.2, 0) is 11.8 Å². The molecular formula is C16H21N5O3. The molecule has 2 rings (SSSR count). The molecule has 0 saturated carbocycles. The van der Waals surface area contributed by atoms with Crippen molar-refractivity contribution in [2.45, 2.75) is 26.8 Å². The molecule has 1 amide bonds. The van der Waals surface area contributed by atoms with Crippen LogP contribution in [0.5, 0.6) is 0 Å². The predicted octanol–water partition coefficient (Wildman–Crippen LogP) is 2.23. The van der Waals surface area contributed by atoms with Crippen molar-refractivity contribution in [1.29, 1.82) is 0 Å². The lowest BCUT2D eigenvalue weighted by Crippen LogP contribution is -2.30. The van der Waals surface area contributed by atoms with E-state index in [9.17, 15) is 14.9 Å². The van der Waals surface area contributed by atoms with Crippen LogP contribution in [-0.4, -0.2) is 27.2 Å². The molecule has 1 heterocycles. The second-order valence-electron chi connectivity index (χ2n) is 5.75. The lowest BCUT2D eigenvalue weighted by Gasteiger charge is -2.14. The van der Waals surface area contributed by atoms with Gasteiger partial charge in [-0.05, 0) is 26.3 Å². The Morgan fingerprint density at radius 3 is 2.67 bits per heavy atom. The summed E-state index contributed by atoms with van der Waals surface area (Å²) in [4.78, 5) is 22.6. The van der Waals surface area contributed by atoms with Gasteiger partial charge in [0.15, 0.2) is 0 Å². The zero-order chi connectivity index (χ0) is 17.9. The molecule has 0 aliphatic heterocycles. The van der Waals surface area contributed by atoms with E-state index in [2.05, 4.69) is 15.7 Å². The number of nitrogens with zero attached hydrogens (tertiary/aromatic N) is 3. The van der Waals surface area contributed by atoms with Gasteiger partial charge in [-0.1, -0.05) is 12.1 Å². The zero-order valence-corrected chi connectivity index (χ0v) is 14.2. The maximum absolute atomic E-state index is 12.0. The largest absolute Gasteiger partial charge is 0.310 e. The summed E-state index contributed by atoms with van der Waals surface area (Å²) < 4.78 is 1.60. The first-order valence-electron chi connectivity index (χ1n) is 7.56. The molecule has 0 fully saturated rings. The van der Waals surface area contributed by atoms with E-state index in [1.54, 1.807) is 30.8 Å². The number of aromatic nitrogens is 2. The second-order valence-corrected chi connectivity index (χ2v) is 5.75. The van der Waals surface area contributed by atoms with Crippen molar-refractivity contribution in [2.75, 3.05) is 11.9 Å². The molecule has 1 atom stereocenters. The molecule has 0 saturated heterocycles. The Bertz CT molecular complexity index is 769. The maximum Gasteiger partial charge on any atom is 0.272 e. The summed E-state index contributed by atoms with van der Waals surface area (Å²) in [5.74, 6) is 0.421. The highest BCUT2D eigenvalue weighted by atomic mass is 16.6. The number of hydrogen-bond donors (Lipinski definition) is 2. The first-order chi connectivity index (χ1) is 11.3. The Kier molecular flexibility index (Phi) is 5.30. The van der Waals surface area contributed by atoms with E-state index < -0.39 is 4.92 Å². The van der Waals surface area contributed by atoms with E-state index >= 15 is 0 Å². The van der Waals surface area contributed by atoms with Crippen LogP contribution < -0.4 is 10.6 Å². The fraction of sp³-hybridized carbons (Fsp3) is 0.375. The number of nitrogens with one attached hydrogen (secondary N) is 2. The molecule has 2 aromatic rings. The summed E-state index contributed by atoms with van der Waals surface area (Å²) in [6.45, 7) is 5.49. The first-order valence-corrected chi connectivity index (χ1v) is 7.56. The van der Waals surface area contributed by atoms with Gasteiger partial charge in [0.25, 0.3) is 5.69 Å². The van der Waals surface area contributed by atoms with Crippen LogP contribution in [0.1, 0.15) is 29.8 Å². The fourth-order valence-corrected chi connectivity index (χ4v) is 2.37. The van der Waals surface area contributed by atoms with Crippen LogP contribution in [0.2, 0.25) is 0 Å². The standard InChI is InChI=1S/C16H21N5O3/c1-10-5-6-13(8-14(10)21(23)24)12(3)17-9-16(22)18-15-7-11(2)19-20(15)4/h5-8,12,17H,9H2,1-4H3,(H,18,22)/t12-/m1/s1. The van der Waals surface area contributed by atoms with E-state index in [4.69, 9.17) is 0 Å². The van der Waals surface area contributed by atoms with Crippen molar-refractivity contribution in [3.05, 3.63) is 51.2 Å². The van der Waals surface area contributed by atoms with Gasteiger partial charge in [0, 0.05) is 30.8 Å². The third-order valence-corrected chi connectivity index (χ3v) is 3.77. The number of amides is 1. The van der Waals surface area contributed by atoms with E-state index in [0.717, 1.165) is 11.3 Å². The summed E-state index contributed by atoms with van der Waals surface area (Å²) in [5, 5.41) is 21.0. The molecule has 0 aliphatic rings. The Morgan fingerprint density at radius 1 is 1.38 bits per heavy atom. The molecule has 2 N–H and O–H groups in total. The average Bonchev–Trinajstić information content (AvgIpc) is 2.82. The van der Waals surface area contributed by atoms with Gasteiger partial charge < -0.3 is 10.6 Å². The minimum absolute atomic E-state index is 0.0796. The van der Waals surface area contributed by atoms with Crippen molar-refractivity contribution >= 4 is 17.4 Å². The summed E-state index contributed by atoms with van der Waals surface area (Å²) >= 11 is 0. The minimum atomic E-state index is -0.400. The van der Waals surface area contributed by atoms with Crippen LogP contribution in [0.25, 0.3) is 0 Å². The lowest BCUT2D eigenvalue weighted by molar-refractivity contribution is -0.385. The SMILES string of the molecule is Cc1cc(NC(=O)CN[C@H](C)c2ccc(C)c([N+](=O)[O-])c2)n(C)n1. The summed E-state index contributed by atoms with van der Waals surface area (Å²) in [5.41, 5.74) is 2.27. The van der Waals surface area contributed by atoms with Crippen molar-refractivity contribution in [1.82, 2.24) is 15.1 Å². The number of aryl methyl sites for hydroxylation is 3. The highest BCUT2D eigenvalue weighted by Gasteiger charge is 2.15.